The molecule has 1 aromatic heterocycles. The van der Waals surface area contributed by atoms with Crippen molar-refractivity contribution in [3.05, 3.63) is 41.7 Å². The number of nitrogens with zero attached hydrogens (tertiary/aromatic N) is 2. The van der Waals surface area contributed by atoms with Gasteiger partial charge in [0.05, 0.1) is 25.0 Å². The van der Waals surface area contributed by atoms with Gasteiger partial charge in [-0.1, -0.05) is 0 Å². The van der Waals surface area contributed by atoms with E-state index in [2.05, 4.69) is 4.90 Å². The second-order valence-electron chi connectivity index (χ2n) is 6.41. The minimum absolute atomic E-state index is 0.265. The molecule has 25 heavy (non-hydrogen) atoms. The van der Waals surface area contributed by atoms with Crippen LogP contribution in [0.5, 0.6) is 0 Å². The number of carbonyl (C=O) groups is 2. The van der Waals surface area contributed by atoms with E-state index >= 15 is 0 Å². The highest BCUT2D eigenvalue weighted by molar-refractivity contribution is 6.31. The molecule has 0 radical (unpaired) electrons. The predicted octanol–water partition coefficient (Wildman–Crippen LogP) is 2.65. The molecular weight excluding hydrogens is 320 g/mol. The van der Waals surface area contributed by atoms with Crippen LogP contribution in [0.3, 0.4) is 0 Å². The zero-order valence-corrected chi connectivity index (χ0v) is 13.7. The van der Waals surface area contributed by atoms with E-state index in [9.17, 15) is 9.59 Å². The molecule has 2 aromatic carbocycles. The number of anilines is 1. The molecule has 2 amide bonds. The highest BCUT2D eigenvalue weighted by atomic mass is 16.5. The van der Waals surface area contributed by atoms with E-state index in [1.807, 2.05) is 18.2 Å². The third-order valence-corrected chi connectivity index (χ3v) is 5.11. The summed E-state index contributed by atoms with van der Waals surface area (Å²) in [5.74, 6) is -0.557. The number of furan rings is 1. The fourth-order valence-electron chi connectivity index (χ4n) is 3.85. The first-order chi connectivity index (χ1) is 12.2. The van der Waals surface area contributed by atoms with Crippen molar-refractivity contribution >= 4 is 39.2 Å². The van der Waals surface area contributed by atoms with Crippen molar-refractivity contribution in [1.29, 1.82) is 0 Å². The molecule has 5 rings (SSSR count). The Bertz CT molecular complexity index is 1050. The molecule has 0 atom stereocenters. The summed E-state index contributed by atoms with van der Waals surface area (Å²) in [6.07, 6.45) is 1.62. The smallest absolute Gasteiger partial charge is 0.261 e. The Balaban J connectivity index is 1.92. The summed E-state index contributed by atoms with van der Waals surface area (Å²) in [6.45, 7) is 2.88. The third kappa shape index (κ3) is 1.88. The van der Waals surface area contributed by atoms with E-state index in [1.54, 1.807) is 12.3 Å². The Morgan fingerprint density at radius 1 is 0.960 bits per heavy atom. The maximum Gasteiger partial charge on any atom is 0.261 e. The fraction of sp³-hybridized carbons (Fsp3) is 0.263. The molecule has 6 heteroatoms. The number of carbonyl (C=O) groups excluding carboxylic acids is 2. The monoisotopic (exact) mass is 336 g/mol. The van der Waals surface area contributed by atoms with Gasteiger partial charge in [-0.25, -0.2) is 0 Å². The number of hydrogen-bond acceptors (Lipinski definition) is 5. The molecule has 6 nitrogen and oxygen atoms in total. The quantitative estimate of drug-likeness (QED) is 0.639. The lowest BCUT2D eigenvalue weighted by Crippen LogP contribution is -2.38. The number of benzene rings is 2. The summed E-state index contributed by atoms with van der Waals surface area (Å²) in [5.41, 5.74) is 2.75. The van der Waals surface area contributed by atoms with E-state index in [0.717, 1.165) is 34.9 Å². The molecule has 0 bridgehead atoms. The Hall–Kier alpha value is -2.86. The molecule has 3 heterocycles. The first kappa shape index (κ1) is 14.5. The number of imide groups is 1. The van der Waals surface area contributed by atoms with Crippen LogP contribution in [0.15, 0.2) is 34.9 Å². The van der Waals surface area contributed by atoms with Crippen LogP contribution >= 0.6 is 0 Å². The number of ether oxygens (including phenoxy) is 1. The lowest BCUT2D eigenvalue weighted by Gasteiger charge is -2.32. The predicted molar refractivity (Wildman–Crippen MR) is 93.2 cm³/mol. The molecule has 126 valence electrons. The summed E-state index contributed by atoms with van der Waals surface area (Å²) >= 11 is 0. The van der Waals surface area contributed by atoms with E-state index in [-0.39, 0.29) is 11.8 Å². The zero-order valence-electron chi connectivity index (χ0n) is 13.7. The average molecular weight is 336 g/mol. The van der Waals surface area contributed by atoms with Gasteiger partial charge >= 0.3 is 0 Å². The van der Waals surface area contributed by atoms with Crippen LogP contribution in [-0.2, 0) is 4.74 Å². The van der Waals surface area contributed by atoms with Crippen molar-refractivity contribution in [2.24, 2.45) is 0 Å². The van der Waals surface area contributed by atoms with Gasteiger partial charge in [0.15, 0.2) is 0 Å². The molecule has 0 spiro atoms. The van der Waals surface area contributed by atoms with Crippen LogP contribution in [0, 0.1) is 0 Å². The lowest BCUT2D eigenvalue weighted by atomic mass is 9.91. The van der Waals surface area contributed by atoms with Gasteiger partial charge in [-0.15, -0.1) is 0 Å². The van der Waals surface area contributed by atoms with Gasteiger partial charge in [0.25, 0.3) is 11.8 Å². The summed E-state index contributed by atoms with van der Waals surface area (Å²) in [7, 11) is 1.52. The van der Waals surface area contributed by atoms with Crippen LogP contribution in [0.4, 0.5) is 5.69 Å². The Morgan fingerprint density at radius 3 is 2.52 bits per heavy atom. The van der Waals surface area contributed by atoms with Gasteiger partial charge in [-0.05, 0) is 24.3 Å². The summed E-state index contributed by atoms with van der Waals surface area (Å²) in [6, 6.07) is 7.44. The van der Waals surface area contributed by atoms with Gasteiger partial charge in [0, 0.05) is 47.5 Å². The molecule has 0 unspecified atom stereocenters. The topological polar surface area (TPSA) is 63.0 Å². The van der Waals surface area contributed by atoms with Crippen molar-refractivity contribution in [1.82, 2.24) is 4.90 Å². The van der Waals surface area contributed by atoms with Gasteiger partial charge < -0.3 is 14.1 Å². The number of fused-ring (bicyclic) bond motifs is 2. The van der Waals surface area contributed by atoms with E-state index < -0.39 is 0 Å². The highest BCUT2D eigenvalue weighted by Gasteiger charge is 2.33. The first-order valence-electron chi connectivity index (χ1n) is 8.29. The van der Waals surface area contributed by atoms with Gasteiger partial charge in [0.1, 0.15) is 5.58 Å². The molecule has 3 aromatic rings. The van der Waals surface area contributed by atoms with Crippen LogP contribution in [-0.4, -0.2) is 50.1 Å². The molecule has 1 saturated heterocycles. The van der Waals surface area contributed by atoms with Gasteiger partial charge in [0.2, 0.25) is 0 Å². The second-order valence-corrected chi connectivity index (χ2v) is 6.41. The number of morpholine rings is 1. The van der Waals surface area contributed by atoms with Crippen molar-refractivity contribution in [2.45, 2.75) is 0 Å². The van der Waals surface area contributed by atoms with E-state index in [4.69, 9.17) is 9.15 Å². The van der Waals surface area contributed by atoms with Crippen LogP contribution < -0.4 is 4.90 Å². The minimum atomic E-state index is -0.292. The van der Waals surface area contributed by atoms with Crippen LogP contribution in [0.25, 0.3) is 21.7 Å². The normalized spacial score (nSPS) is 17.8. The third-order valence-electron chi connectivity index (χ3n) is 5.11. The number of hydrogen-bond donors (Lipinski definition) is 0. The van der Waals surface area contributed by atoms with E-state index in [1.165, 1.54) is 11.9 Å². The van der Waals surface area contributed by atoms with Crippen LogP contribution in [0.1, 0.15) is 20.7 Å². The summed E-state index contributed by atoms with van der Waals surface area (Å²) < 4.78 is 11.0. The number of amides is 2. The molecule has 2 aliphatic heterocycles. The van der Waals surface area contributed by atoms with Crippen molar-refractivity contribution in [3.8, 4) is 0 Å². The highest BCUT2D eigenvalue weighted by Crippen LogP contribution is 2.41. The van der Waals surface area contributed by atoms with E-state index in [0.29, 0.717) is 29.9 Å². The second kappa shape index (κ2) is 5.07. The maximum atomic E-state index is 12.7. The molecule has 0 aliphatic carbocycles. The average Bonchev–Trinajstić information content (AvgIpc) is 3.13. The SMILES string of the molecule is CN1C(=O)c2ccc(N3CCOCC3)c3c2c(cc2occc23)C1=O. The molecule has 2 aliphatic rings. The molecule has 1 fully saturated rings. The van der Waals surface area contributed by atoms with Gasteiger partial charge in [-0.3, -0.25) is 14.5 Å². The largest absolute Gasteiger partial charge is 0.464 e. The summed E-state index contributed by atoms with van der Waals surface area (Å²) in [4.78, 5) is 28.7. The number of rotatable bonds is 1. The fourth-order valence-corrected chi connectivity index (χ4v) is 3.85. The van der Waals surface area contributed by atoms with Crippen molar-refractivity contribution in [2.75, 3.05) is 38.3 Å². The molecular formula is C19H16N2O4. The van der Waals surface area contributed by atoms with Crippen molar-refractivity contribution in [3.63, 3.8) is 0 Å². The summed E-state index contributed by atoms with van der Waals surface area (Å²) in [5, 5.41) is 2.56. The molecule has 0 saturated carbocycles. The van der Waals surface area contributed by atoms with Gasteiger partial charge in [-0.2, -0.15) is 0 Å². The maximum absolute atomic E-state index is 12.7. The first-order valence-corrected chi connectivity index (χ1v) is 8.29. The Morgan fingerprint density at radius 2 is 1.72 bits per heavy atom. The Labute approximate surface area is 143 Å². The lowest BCUT2D eigenvalue weighted by molar-refractivity contribution is 0.0650. The molecule has 0 N–H and O–H groups in total. The van der Waals surface area contributed by atoms with Crippen LogP contribution in [0.2, 0.25) is 0 Å². The van der Waals surface area contributed by atoms with Crippen molar-refractivity contribution < 1.29 is 18.7 Å². The standard InChI is InChI=1S/C19H16N2O4/c1-20-18(22)12-2-3-14(21-5-8-24-9-6-21)17-11-4-7-25-15(11)10-13(16(12)17)19(20)23/h2-4,7,10H,5-6,8-9H2,1H3. The zero-order chi connectivity index (χ0) is 17.1. The Kier molecular flexibility index (Phi) is 2.93. The minimum Gasteiger partial charge on any atom is -0.464 e.